The maximum absolute atomic E-state index is 11.6. The molecule has 0 aliphatic carbocycles. The van der Waals surface area contributed by atoms with Crippen LogP contribution in [0.25, 0.3) is 0 Å². The van der Waals surface area contributed by atoms with Gasteiger partial charge in [0.15, 0.2) is 0 Å². The first-order valence-corrected chi connectivity index (χ1v) is 6.07. The van der Waals surface area contributed by atoms with E-state index in [2.05, 4.69) is 0 Å². The summed E-state index contributed by atoms with van der Waals surface area (Å²) in [5, 5.41) is 17.0. The van der Waals surface area contributed by atoms with Gasteiger partial charge in [-0.15, -0.1) is 11.8 Å². The molecule has 90 valence electrons. The van der Waals surface area contributed by atoms with Crippen molar-refractivity contribution in [1.29, 1.82) is 5.26 Å². The van der Waals surface area contributed by atoms with Crippen LogP contribution in [0.5, 0.6) is 0 Å². The summed E-state index contributed by atoms with van der Waals surface area (Å²) in [6.45, 7) is 4.00. The van der Waals surface area contributed by atoms with Crippen LogP contribution in [0.4, 0.5) is 0 Å². The lowest BCUT2D eigenvalue weighted by Crippen LogP contribution is -2.39. The van der Waals surface area contributed by atoms with E-state index in [1.807, 2.05) is 19.9 Å². The topological polar surface area (TPSA) is 81.4 Å². The van der Waals surface area contributed by atoms with E-state index < -0.39 is 5.97 Å². The molecular weight excluding hydrogens is 228 g/mol. The van der Waals surface area contributed by atoms with Crippen molar-refractivity contribution >= 4 is 23.6 Å². The smallest absolute Gasteiger partial charge is 0.323 e. The Hall–Kier alpha value is -1.22. The van der Waals surface area contributed by atoms with Crippen LogP contribution in [0.15, 0.2) is 0 Å². The number of nitriles is 1. The second-order valence-electron chi connectivity index (χ2n) is 3.71. The second kappa shape index (κ2) is 7.99. The third-order valence-electron chi connectivity index (χ3n) is 1.66. The van der Waals surface area contributed by atoms with E-state index in [0.717, 1.165) is 0 Å². The molecule has 0 radical (unpaired) electrons. The Bertz CT molecular complexity index is 286. The Morgan fingerprint density at radius 3 is 2.56 bits per heavy atom. The minimum atomic E-state index is -1.01. The number of hydrogen-bond acceptors (Lipinski definition) is 4. The zero-order chi connectivity index (χ0) is 12.6. The molecule has 0 atom stereocenters. The zero-order valence-electron chi connectivity index (χ0n) is 9.47. The summed E-state index contributed by atoms with van der Waals surface area (Å²) in [7, 11) is 0. The van der Waals surface area contributed by atoms with Gasteiger partial charge in [-0.3, -0.25) is 9.59 Å². The van der Waals surface area contributed by atoms with Crippen LogP contribution < -0.4 is 0 Å². The summed E-state index contributed by atoms with van der Waals surface area (Å²) < 4.78 is 0. The molecule has 0 saturated heterocycles. The molecule has 1 amide bonds. The van der Waals surface area contributed by atoms with E-state index >= 15 is 0 Å². The predicted octanol–water partition coefficient (Wildman–Crippen LogP) is 0.812. The predicted molar refractivity (Wildman–Crippen MR) is 62.0 cm³/mol. The van der Waals surface area contributed by atoms with Gasteiger partial charge in [-0.25, -0.2) is 0 Å². The van der Waals surface area contributed by atoms with Gasteiger partial charge < -0.3 is 10.0 Å². The Labute approximate surface area is 99.4 Å². The summed E-state index contributed by atoms with van der Waals surface area (Å²) in [4.78, 5) is 23.5. The third kappa shape index (κ3) is 7.12. The molecule has 0 unspecified atom stereocenters. The van der Waals surface area contributed by atoms with E-state index in [1.54, 1.807) is 0 Å². The fraction of sp³-hybridized carbons (Fsp3) is 0.700. The van der Waals surface area contributed by atoms with Crippen LogP contribution in [0, 0.1) is 17.2 Å². The molecule has 0 aliphatic rings. The summed E-state index contributed by atoms with van der Waals surface area (Å²) >= 11 is 1.20. The average Bonchev–Trinajstić information content (AvgIpc) is 2.15. The Balaban J connectivity index is 4.21. The van der Waals surface area contributed by atoms with Crippen LogP contribution in [0.3, 0.4) is 0 Å². The van der Waals surface area contributed by atoms with Gasteiger partial charge >= 0.3 is 5.97 Å². The molecule has 0 aromatic rings. The number of carboxylic acid groups (broad SMARTS) is 1. The zero-order valence-corrected chi connectivity index (χ0v) is 10.3. The quantitative estimate of drug-likeness (QED) is 0.670. The largest absolute Gasteiger partial charge is 0.480 e. The lowest BCUT2D eigenvalue weighted by atomic mass is 10.2. The maximum Gasteiger partial charge on any atom is 0.323 e. The molecule has 0 heterocycles. The fourth-order valence-electron chi connectivity index (χ4n) is 1.13. The Morgan fingerprint density at radius 2 is 2.12 bits per heavy atom. The number of nitrogens with zero attached hydrogens (tertiary/aromatic N) is 2. The van der Waals surface area contributed by atoms with Crippen LogP contribution in [-0.4, -0.2) is 46.5 Å². The number of carbonyl (C=O) groups excluding carboxylic acids is 1. The van der Waals surface area contributed by atoms with Crippen molar-refractivity contribution in [3.63, 3.8) is 0 Å². The van der Waals surface area contributed by atoms with Crippen molar-refractivity contribution in [2.75, 3.05) is 24.6 Å². The number of aliphatic carboxylic acids is 1. The van der Waals surface area contributed by atoms with Gasteiger partial charge in [0.25, 0.3) is 0 Å². The highest BCUT2D eigenvalue weighted by Gasteiger charge is 2.17. The molecule has 0 saturated carbocycles. The summed E-state index contributed by atoms with van der Waals surface area (Å²) in [6.07, 6.45) is 0. The van der Waals surface area contributed by atoms with Gasteiger partial charge in [-0.2, -0.15) is 5.26 Å². The number of carbonyl (C=O) groups is 2. The number of hydrogen-bond donors (Lipinski definition) is 1. The minimum absolute atomic E-state index is 0.160. The van der Waals surface area contributed by atoms with Crippen LogP contribution in [0.2, 0.25) is 0 Å². The van der Waals surface area contributed by atoms with Gasteiger partial charge in [0.05, 0.1) is 17.6 Å². The van der Waals surface area contributed by atoms with Gasteiger partial charge in [0.2, 0.25) is 5.91 Å². The normalized spacial score (nSPS) is 9.88. The van der Waals surface area contributed by atoms with E-state index in [-0.39, 0.29) is 29.9 Å². The van der Waals surface area contributed by atoms with Crippen molar-refractivity contribution < 1.29 is 14.7 Å². The first kappa shape index (κ1) is 14.8. The standard InChI is InChI=1S/C10H16N2O3S/c1-8(2)5-12(6-10(14)15)9(13)7-16-4-3-11/h8H,4-7H2,1-2H3,(H,14,15). The van der Waals surface area contributed by atoms with E-state index in [0.29, 0.717) is 6.54 Å². The van der Waals surface area contributed by atoms with E-state index in [9.17, 15) is 9.59 Å². The number of amides is 1. The Kier molecular flexibility index (Phi) is 7.38. The maximum atomic E-state index is 11.6. The molecule has 0 bridgehead atoms. The fourth-order valence-corrected chi connectivity index (χ4v) is 1.68. The monoisotopic (exact) mass is 244 g/mol. The molecule has 0 spiro atoms. The number of rotatable bonds is 7. The van der Waals surface area contributed by atoms with Gasteiger partial charge in [0.1, 0.15) is 6.54 Å². The molecule has 0 aliphatic heterocycles. The highest BCUT2D eigenvalue weighted by Crippen LogP contribution is 2.05. The van der Waals surface area contributed by atoms with E-state index in [4.69, 9.17) is 10.4 Å². The van der Waals surface area contributed by atoms with E-state index in [1.165, 1.54) is 16.7 Å². The lowest BCUT2D eigenvalue weighted by molar-refractivity contribution is -0.143. The molecule has 0 fully saturated rings. The first-order valence-electron chi connectivity index (χ1n) is 4.91. The Morgan fingerprint density at radius 1 is 1.50 bits per heavy atom. The summed E-state index contributed by atoms with van der Waals surface area (Å²) in [6, 6.07) is 1.92. The average molecular weight is 244 g/mol. The minimum Gasteiger partial charge on any atom is -0.480 e. The molecular formula is C10H16N2O3S. The molecule has 5 nitrogen and oxygen atoms in total. The summed E-state index contributed by atoms with van der Waals surface area (Å²) in [5.74, 6) is -0.609. The van der Waals surface area contributed by atoms with Crippen LogP contribution in [-0.2, 0) is 9.59 Å². The molecule has 0 aromatic carbocycles. The third-order valence-corrected chi connectivity index (χ3v) is 2.44. The molecule has 16 heavy (non-hydrogen) atoms. The number of carboxylic acids is 1. The molecule has 0 rings (SSSR count). The van der Waals surface area contributed by atoms with Crippen molar-refractivity contribution in [3.05, 3.63) is 0 Å². The second-order valence-corrected chi connectivity index (χ2v) is 4.70. The molecule has 6 heteroatoms. The highest BCUT2D eigenvalue weighted by molar-refractivity contribution is 8.00. The van der Waals surface area contributed by atoms with Crippen molar-refractivity contribution in [1.82, 2.24) is 4.90 Å². The van der Waals surface area contributed by atoms with Crippen LogP contribution in [0.1, 0.15) is 13.8 Å². The molecule has 1 N–H and O–H groups in total. The number of thioether (sulfide) groups is 1. The first-order chi connectivity index (χ1) is 7.47. The van der Waals surface area contributed by atoms with Crippen molar-refractivity contribution in [2.45, 2.75) is 13.8 Å². The lowest BCUT2D eigenvalue weighted by Gasteiger charge is -2.22. The van der Waals surface area contributed by atoms with Crippen molar-refractivity contribution in [2.24, 2.45) is 5.92 Å². The highest BCUT2D eigenvalue weighted by atomic mass is 32.2. The SMILES string of the molecule is CC(C)CN(CC(=O)O)C(=O)CSCC#N. The van der Waals surface area contributed by atoms with Crippen molar-refractivity contribution in [3.8, 4) is 6.07 Å². The summed E-state index contributed by atoms with van der Waals surface area (Å²) in [5.41, 5.74) is 0. The van der Waals surface area contributed by atoms with Gasteiger partial charge in [0, 0.05) is 6.54 Å². The van der Waals surface area contributed by atoms with Gasteiger partial charge in [-0.05, 0) is 5.92 Å². The van der Waals surface area contributed by atoms with Crippen LogP contribution >= 0.6 is 11.8 Å². The van der Waals surface area contributed by atoms with Gasteiger partial charge in [-0.1, -0.05) is 13.8 Å². The molecule has 0 aromatic heterocycles.